The number of ether oxygens (including phenoxy) is 1. The number of carbonyl (C=O) groups is 1. The van der Waals surface area contributed by atoms with E-state index in [9.17, 15) is 9.18 Å². The molecule has 0 aromatic rings. The molecule has 0 spiro atoms. The highest BCUT2D eigenvalue weighted by molar-refractivity contribution is 5.70. The minimum atomic E-state index is -0.993. The van der Waals surface area contributed by atoms with Gasteiger partial charge in [-0.25, -0.2) is 9.18 Å². The van der Waals surface area contributed by atoms with Gasteiger partial charge in [0.05, 0.1) is 0 Å². The van der Waals surface area contributed by atoms with Crippen LogP contribution >= 0.6 is 0 Å². The molecule has 6 unspecified atom stereocenters. The van der Waals surface area contributed by atoms with Gasteiger partial charge in [-0.2, -0.15) is 0 Å². The van der Waals surface area contributed by atoms with E-state index in [1.807, 2.05) is 0 Å². The summed E-state index contributed by atoms with van der Waals surface area (Å²) in [5.41, 5.74) is 1.51. The predicted octanol–water partition coefficient (Wildman–Crippen LogP) is 4.44. The highest BCUT2D eigenvalue weighted by Crippen LogP contribution is 2.56. The van der Waals surface area contributed by atoms with Crippen LogP contribution in [0.5, 0.6) is 0 Å². The van der Waals surface area contributed by atoms with Crippen molar-refractivity contribution in [3.63, 3.8) is 0 Å². The number of alkyl halides is 1. The molecule has 0 radical (unpaired) electrons. The fourth-order valence-electron chi connectivity index (χ4n) is 6.17. The smallest absolute Gasteiger partial charge is 0.337 e. The van der Waals surface area contributed by atoms with Crippen molar-refractivity contribution in [1.82, 2.24) is 0 Å². The molecule has 4 aliphatic carbocycles. The minimum absolute atomic E-state index is 0.0786. The largest absolute Gasteiger partial charge is 0.460 e. The van der Waals surface area contributed by atoms with Crippen molar-refractivity contribution in [3.8, 4) is 0 Å². The average molecular weight is 306 g/mol. The van der Waals surface area contributed by atoms with Crippen LogP contribution in [0.15, 0.2) is 11.6 Å². The molecule has 3 heteroatoms. The van der Waals surface area contributed by atoms with Gasteiger partial charge >= 0.3 is 5.97 Å². The minimum Gasteiger partial charge on any atom is -0.460 e. The van der Waals surface area contributed by atoms with Gasteiger partial charge in [0.2, 0.25) is 0 Å². The van der Waals surface area contributed by atoms with Gasteiger partial charge in [-0.3, -0.25) is 0 Å². The highest BCUT2D eigenvalue weighted by Gasteiger charge is 2.47. The molecule has 3 saturated carbocycles. The normalized spacial score (nSPS) is 43.6. The molecule has 3 fully saturated rings. The molecule has 0 heterocycles. The first kappa shape index (κ1) is 14.7. The second-order valence-corrected chi connectivity index (χ2v) is 7.91. The van der Waals surface area contributed by atoms with Gasteiger partial charge < -0.3 is 4.74 Å². The Balaban J connectivity index is 1.46. The van der Waals surface area contributed by atoms with E-state index < -0.39 is 12.6 Å². The van der Waals surface area contributed by atoms with Gasteiger partial charge in [0.1, 0.15) is 6.10 Å². The van der Waals surface area contributed by atoms with E-state index in [4.69, 9.17) is 4.74 Å². The summed E-state index contributed by atoms with van der Waals surface area (Å²) in [7, 11) is 0. The third-order valence-corrected chi connectivity index (χ3v) is 7.00. The summed E-state index contributed by atoms with van der Waals surface area (Å²) in [6.07, 6.45) is 13.7. The summed E-state index contributed by atoms with van der Waals surface area (Å²) < 4.78 is 17.6. The van der Waals surface area contributed by atoms with E-state index in [1.165, 1.54) is 44.1 Å². The Morgan fingerprint density at radius 1 is 1.09 bits per heavy atom. The number of halogens is 1. The third kappa shape index (κ3) is 2.51. The molecule has 4 rings (SSSR count). The fourth-order valence-corrected chi connectivity index (χ4v) is 6.17. The van der Waals surface area contributed by atoms with E-state index in [0.29, 0.717) is 0 Å². The molecule has 122 valence electrons. The molecule has 4 aliphatic rings. The maximum absolute atomic E-state index is 12.3. The van der Waals surface area contributed by atoms with Crippen molar-refractivity contribution in [3.05, 3.63) is 11.6 Å². The fraction of sp³-hybridized carbons (Fsp3) is 0.842. The van der Waals surface area contributed by atoms with Gasteiger partial charge in [-0.15, -0.1) is 0 Å². The van der Waals surface area contributed by atoms with Crippen LogP contribution in [-0.2, 0) is 9.53 Å². The van der Waals surface area contributed by atoms with Crippen LogP contribution in [0.1, 0.15) is 57.8 Å². The Morgan fingerprint density at radius 2 is 2.00 bits per heavy atom. The summed E-state index contributed by atoms with van der Waals surface area (Å²) in [6, 6.07) is 0. The lowest BCUT2D eigenvalue weighted by Crippen LogP contribution is -2.41. The van der Waals surface area contributed by atoms with Gasteiger partial charge in [0.15, 0.2) is 6.67 Å². The van der Waals surface area contributed by atoms with E-state index >= 15 is 0 Å². The van der Waals surface area contributed by atoms with Crippen molar-refractivity contribution in [2.24, 2.45) is 29.6 Å². The molecule has 0 bridgehead atoms. The monoisotopic (exact) mass is 306 g/mol. The first-order valence-corrected chi connectivity index (χ1v) is 9.20. The van der Waals surface area contributed by atoms with Crippen LogP contribution in [0, 0.1) is 29.6 Å². The number of esters is 1. The number of rotatable bonds is 2. The molecule has 0 aromatic heterocycles. The van der Waals surface area contributed by atoms with E-state index in [2.05, 4.69) is 6.08 Å². The Morgan fingerprint density at radius 3 is 2.86 bits per heavy atom. The maximum atomic E-state index is 12.3. The van der Waals surface area contributed by atoms with Crippen molar-refractivity contribution in [2.45, 2.75) is 63.9 Å². The molecule has 0 aliphatic heterocycles. The third-order valence-electron chi connectivity index (χ3n) is 7.00. The molecule has 0 aromatic carbocycles. The number of fused-ring (bicyclic) bond motifs is 5. The molecule has 6 atom stereocenters. The quantitative estimate of drug-likeness (QED) is 0.557. The van der Waals surface area contributed by atoms with Crippen LogP contribution in [0.3, 0.4) is 0 Å². The van der Waals surface area contributed by atoms with Gasteiger partial charge in [-0.05, 0) is 68.1 Å². The summed E-state index contributed by atoms with van der Waals surface area (Å²) in [6.45, 7) is -0.993. The second kappa shape index (κ2) is 5.98. The second-order valence-electron chi connectivity index (χ2n) is 7.91. The molecule has 2 nitrogen and oxygen atoms in total. The Hall–Kier alpha value is -0.860. The first-order chi connectivity index (χ1) is 10.8. The Kier molecular flexibility index (Phi) is 4.00. The molecule has 22 heavy (non-hydrogen) atoms. The Bertz CT molecular complexity index is 472. The lowest BCUT2D eigenvalue weighted by atomic mass is 9.57. The topological polar surface area (TPSA) is 26.3 Å². The lowest BCUT2D eigenvalue weighted by molar-refractivity contribution is -0.151. The molecule has 0 N–H and O–H groups in total. The number of allylic oxidation sites excluding steroid dienone is 1. The van der Waals surface area contributed by atoms with Crippen molar-refractivity contribution in [2.75, 3.05) is 6.67 Å². The van der Waals surface area contributed by atoms with Crippen molar-refractivity contribution < 1.29 is 13.9 Å². The van der Waals surface area contributed by atoms with Crippen molar-refractivity contribution >= 4 is 5.97 Å². The van der Waals surface area contributed by atoms with Gasteiger partial charge in [0, 0.05) is 6.42 Å². The van der Waals surface area contributed by atoms with Gasteiger partial charge in [-0.1, -0.05) is 24.5 Å². The van der Waals surface area contributed by atoms with Crippen LogP contribution in [0.2, 0.25) is 0 Å². The van der Waals surface area contributed by atoms with Crippen LogP contribution in [-0.4, -0.2) is 18.7 Å². The lowest BCUT2D eigenvalue weighted by Gasteiger charge is -2.49. The number of hydrogen-bond acceptors (Lipinski definition) is 2. The SMILES string of the molecule is O=C(CF)OC1CCC2C(=CCC3C4CCCC4CCC23)C1. The predicted molar refractivity (Wildman–Crippen MR) is 82.9 cm³/mol. The zero-order valence-electron chi connectivity index (χ0n) is 13.3. The Labute approximate surface area is 132 Å². The van der Waals surface area contributed by atoms with E-state index in [1.54, 1.807) is 0 Å². The zero-order valence-corrected chi connectivity index (χ0v) is 13.3. The van der Waals surface area contributed by atoms with E-state index in [-0.39, 0.29) is 6.10 Å². The standard InChI is InChI=1S/C19H27FO2/c20-11-19(21)22-14-6-9-16-13(10-14)5-8-17-15-3-1-2-12(15)4-7-18(16)17/h5,12,14-18H,1-4,6-11H2. The van der Waals surface area contributed by atoms with Gasteiger partial charge in [0.25, 0.3) is 0 Å². The molecular formula is C19H27FO2. The summed E-state index contributed by atoms with van der Waals surface area (Å²) >= 11 is 0. The number of carbonyl (C=O) groups excluding carboxylic acids is 1. The molecular weight excluding hydrogens is 279 g/mol. The van der Waals surface area contributed by atoms with Crippen LogP contribution in [0.25, 0.3) is 0 Å². The summed E-state index contributed by atoms with van der Waals surface area (Å²) in [5.74, 6) is 3.82. The van der Waals surface area contributed by atoms with E-state index in [0.717, 1.165) is 48.9 Å². The first-order valence-electron chi connectivity index (χ1n) is 9.20. The average Bonchev–Trinajstić information content (AvgIpc) is 3.03. The summed E-state index contributed by atoms with van der Waals surface area (Å²) in [5, 5.41) is 0. The zero-order chi connectivity index (χ0) is 15.1. The maximum Gasteiger partial charge on any atom is 0.337 e. The summed E-state index contributed by atoms with van der Waals surface area (Å²) in [4.78, 5) is 11.2. The van der Waals surface area contributed by atoms with Crippen LogP contribution in [0.4, 0.5) is 4.39 Å². The number of hydrogen-bond donors (Lipinski definition) is 0. The molecule has 0 amide bonds. The van der Waals surface area contributed by atoms with Crippen molar-refractivity contribution in [1.29, 1.82) is 0 Å². The van der Waals surface area contributed by atoms with Crippen LogP contribution < -0.4 is 0 Å². The highest BCUT2D eigenvalue weighted by atomic mass is 19.1. The molecule has 0 saturated heterocycles.